The smallest absolute Gasteiger partial charge is 0.325 e. The maximum Gasteiger partial charge on any atom is 0.325 e. The Labute approximate surface area is 113 Å². The van der Waals surface area contributed by atoms with Gasteiger partial charge in [-0.15, -0.1) is 0 Å². The van der Waals surface area contributed by atoms with Crippen molar-refractivity contribution in [2.45, 2.75) is 26.7 Å². The van der Waals surface area contributed by atoms with Gasteiger partial charge >= 0.3 is 6.03 Å². The monoisotopic (exact) mass is 260 g/mol. The minimum absolute atomic E-state index is 0.401. The van der Waals surface area contributed by atoms with Crippen LogP contribution in [0.25, 0.3) is 0 Å². The summed E-state index contributed by atoms with van der Waals surface area (Å²) in [5.41, 5.74) is 5.22. The standard InChI is InChI=1S/C14H20N4O/c1-11(2)12-3-7-17(8-4-12)9-5-13-16-6-10-18(13)14(15)19/h6,10-12H,3-4,7-8H2,1-2H3,(H2,15,19). The third-order valence-corrected chi connectivity index (χ3v) is 3.69. The summed E-state index contributed by atoms with van der Waals surface area (Å²) < 4.78 is 1.26. The van der Waals surface area contributed by atoms with E-state index in [-0.39, 0.29) is 0 Å². The second kappa shape index (κ2) is 5.79. The molecule has 0 aromatic carbocycles. The van der Waals surface area contributed by atoms with E-state index in [0.717, 1.165) is 24.9 Å². The molecule has 102 valence electrons. The van der Waals surface area contributed by atoms with Crippen LogP contribution in [0.3, 0.4) is 0 Å². The molecule has 1 aromatic rings. The number of carbonyl (C=O) groups excluding carboxylic acids is 1. The van der Waals surface area contributed by atoms with Gasteiger partial charge in [-0.3, -0.25) is 0 Å². The number of piperidine rings is 1. The summed E-state index contributed by atoms with van der Waals surface area (Å²) in [7, 11) is 0. The van der Waals surface area contributed by atoms with Gasteiger partial charge in [-0.25, -0.2) is 14.3 Å². The zero-order valence-corrected chi connectivity index (χ0v) is 11.5. The quantitative estimate of drug-likeness (QED) is 0.778. The molecule has 0 aliphatic carbocycles. The Kier molecular flexibility index (Phi) is 4.10. The number of imidazole rings is 1. The molecule has 2 rings (SSSR count). The molecule has 1 aliphatic rings. The van der Waals surface area contributed by atoms with Crippen molar-refractivity contribution in [2.75, 3.05) is 13.1 Å². The number of likely N-dealkylation sites (tertiary alicyclic amines) is 1. The number of amides is 1. The van der Waals surface area contributed by atoms with Gasteiger partial charge in [-0.05, 0) is 30.6 Å². The predicted molar refractivity (Wildman–Crippen MR) is 73.2 cm³/mol. The van der Waals surface area contributed by atoms with Crippen molar-refractivity contribution in [1.82, 2.24) is 14.5 Å². The van der Waals surface area contributed by atoms with Crippen LogP contribution in [-0.2, 0) is 0 Å². The molecule has 5 nitrogen and oxygen atoms in total. The van der Waals surface area contributed by atoms with Crippen LogP contribution in [0, 0.1) is 23.8 Å². The Balaban J connectivity index is 1.98. The normalized spacial score (nSPS) is 16.3. The fourth-order valence-electron chi connectivity index (χ4n) is 2.38. The van der Waals surface area contributed by atoms with Crippen molar-refractivity contribution < 1.29 is 4.79 Å². The summed E-state index contributed by atoms with van der Waals surface area (Å²) in [6, 6.07) is 2.52. The van der Waals surface area contributed by atoms with Crippen LogP contribution in [0.1, 0.15) is 32.5 Å². The van der Waals surface area contributed by atoms with Gasteiger partial charge < -0.3 is 10.6 Å². The molecule has 0 atom stereocenters. The van der Waals surface area contributed by atoms with Crippen molar-refractivity contribution in [3.63, 3.8) is 0 Å². The van der Waals surface area contributed by atoms with E-state index in [1.807, 2.05) is 0 Å². The summed E-state index contributed by atoms with van der Waals surface area (Å²) in [5.74, 6) is 4.85. The number of hydrogen-bond donors (Lipinski definition) is 1. The van der Waals surface area contributed by atoms with E-state index in [4.69, 9.17) is 5.73 Å². The van der Waals surface area contributed by atoms with Crippen molar-refractivity contribution >= 4 is 6.03 Å². The molecule has 2 heterocycles. The van der Waals surface area contributed by atoms with E-state index < -0.39 is 6.03 Å². The molecule has 1 amide bonds. The summed E-state index contributed by atoms with van der Waals surface area (Å²) >= 11 is 0. The summed E-state index contributed by atoms with van der Waals surface area (Å²) in [5, 5.41) is 0. The van der Waals surface area contributed by atoms with E-state index in [1.54, 1.807) is 0 Å². The second-order valence-electron chi connectivity index (χ2n) is 5.26. The summed E-state index contributed by atoms with van der Waals surface area (Å²) in [6.07, 6.45) is 5.41. The number of nitrogens with zero attached hydrogens (tertiary/aromatic N) is 3. The van der Waals surface area contributed by atoms with Crippen molar-refractivity contribution in [3.8, 4) is 12.0 Å². The average molecular weight is 260 g/mol. The van der Waals surface area contributed by atoms with Gasteiger partial charge in [-0.1, -0.05) is 13.8 Å². The van der Waals surface area contributed by atoms with Crippen LogP contribution < -0.4 is 5.73 Å². The highest BCUT2D eigenvalue weighted by atomic mass is 16.2. The summed E-state index contributed by atoms with van der Waals surface area (Å²) in [4.78, 5) is 17.2. The van der Waals surface area contributed by atoms with E-state index >= 15 is 0 Å². The molecule has 0 radical (unpaired) electrons. The van der Waals surface area contributed by atoms with Crippen LogP contribution in [-0.4, -0.2) is 33.6 Å². The SMILES string of the molecule is CC(C)C1CCN(C#Cc2nccn2C(N)=O)CC1. The molecule has 0 spiro atoms. The second-order valence-corrected chi connectivity index (χ2v) is 5.26. The van der Waals surface area contributed by atoms with Crippen LogP contribution in [0.15, 0.2) is 12.4 Å². The van der Waals surface area contributed by atoms with Gasteiger partial charge in [0.25, 0.3) is 0 Å². The summed E-state index contributed by atoms with van der Waals surface area (Å²) in [6.45, 7) is 6.51. The Morgan fingerprint density at radius 1 is 1.47 bits per heavy atom. The Hall–Kier alpha value is -1.96. The molecule has 0 bridgehead atoms. The van der Waals surface area contributed by atoms with E-state index in [9.17, 15) is 4.79 Å². The molecule has 1 aliphatic heterocycles. The van der Waals surface area contributed by atoms with Gasteiger partial charge in [0.05, 0.1) is 0 Å². The van der Waals surface area contributed by atoms with Gasteiger partial charge in [0.1, 0.15) is 0 Å². The van der Waals surface area contributed by atoms with E-state index in [2.05, 4.69) is 35.7 Å². The topological polar surface area (TPSA) is 64.2 Å². The van der Waals surface area contributed by atoms with E-state index in [0.29, 0.717) is 5.82 Å². The fourth-order valence-corrected chi connectivity index (χ4v) is 2.38. The van der Waals surface area contributed by atoms with Gasteiger partial charge in [0.2, 0.25) is 0 Å². The lowest BCUT2D eigenvalue weighted by Gasteiger charge is -2.31. The highest BCUT2D eigenvalue weighted by Gasteiger charge is 2.19. The largest absolute Gasteiger partial charge is 0.351 e. The first-order valence-electron chi connectivity index (χ1n) is 6.67. The predicted octanol–water partition coefficient (Wildman–Crippen LogP) is 1.49. The number of nitrogens with two attached hydrogens (primary N) is 1. The van der Waals surface area contributed by atoms with Crippen LogP contribution in [0.5, 0.6) is 0 Å². The Morgan fingerprint density at radius 2 is 2.16 bits per heavy atom. The van der Waals surface area contributed by atoms with Crippen molar-refractivity contribution in [3.05, 3.63) is 18.2 Å². The lowest BCUT2D eigenvalue weighted by atomic mass is 9.87. The Bertz CT molecular complexity index is 501. The van der Waals surface area contributed by atoms with Crippen LogP contribution in [0.2, 0.25) is 0 Å². The fraction of sp³-hybridized carbons (Fsp3) is 0.571. The highest BCUT2D eigenvalue weighted by molar-refractivity contribution is 5.75. The first-order chi connectivity index (χ1) is 9.08. The molecule has 1 aromatic heterocycles. The molecular formula is C14H20N4O. The van der Waals surface area contributed by atoms with Crippen molar-refractivity contribution in [1.29, 1.82) is 0 Å². The molecule has 1 saturated heterocycles. The van der Waals surface area contributed by atoms with Gasteiger partial charge in [0.15, 0.2) is 5.82 Å². The molecule has 19 heavy (non-hydrogen) atoms. The molecule has 2 N–H and O–H groups in total. The van der Waals surface area contributed by atoms with Crippen molar-refractivity contribution in [2.24, 2.45) is 17.6 Å². The number of aromatic nitrogens is 2. The zero-order valence-electron chi connectivity index (χ0n) is 11.5. The number of primary amides is 1. The molecule has 1 fully saturated rings. The number of rotatable bonds is 1. The van der Waals surface area contributed by atoms with Crippen LogP contribution in [0.4, 0.5) is 4.79 Å². The third kappa shape index (κ3) is 3.28. The lowest BCUT2D eigenvalue weighted by Crippen LogP contribution is -2.32. The first kappa shape index (κ1) is 13.5. The maximum atomic E-state index is 11.1. The van der Waals surface area contributed by atoms with Gasteiger partial charge in [-0.2, -0.15) is 0 Å². The van der Waals surface area contributed by atoms with Crippen LogP contribution >= 0.6 is 0 Å². The minimum atomic E-state index is -0.555. The maximum absolute atomic E-state index is 11.1. The average Bonchev–Trinajstić information content (AvgIpc) is 2.85. The molecule has 0 unspecified atom stereocenters. The highest BCUT2D eigenvalue weighted by Crippen LogP contribution is 2.23. The zero-order chi connectivity index (χ0) is 13.8. The van der Waals surface area contributed by atoms with E-state index in [1.165, 1.54) is 29.8 Å². The number of hydrogen-bond acceptors (Lipinski definition) is 3. The lowest BCUT2D eigenvalue weighted by molar-refractivity contribution is 0.212. The minimum Gasteiger partial charge on any atom is -0.351 e. The first-order valence-corrected chi connectivity index (χ1v) is 6.67. The van der Waals surface area contributed by atoms with Gasteiger partial charge in [0, 0.05) is 31.5 Å². The molecule has 5 heteroatoms. The molecule has 0 saturated carbocycles. The third-order valence-electron chi connectivity index (χ3n) is 3.69. The Morgan fingerprint density at radius 3 is 2.74 bits per heavy atom. The molecular weight excluding hydrogens is 240 g/mol. The number of carbonyl (C=O) groups is 1.